The van der Waals surface area contributed by atoms with Gasteiger partial charge in [0, 0.05) is 24.5 Å². The summed E-state index contributed by atoms with van der Waals surface area (Å²) in [5.41, 5.74) is 3.17. The van der Waals surface area contributed by atoms with Crippen molar-refractivity contribution in [1.29, 1.82) is 0 Å². The zero-order valence-electron chi connectivity index (χ0n) is 11.7. The van der Waals surface area contributed by atoms with Gasteiger partial charge in [-0.05, 0) is 44.5 Å². The van der Waals surface area contributed by atoms with E-state index in [0.29, 0.717) is 6.54 Å². The molecule has 0 radical (unpaired) electrons. The first-order valence-electron chi connectivity index (χ1n) is 6.48. The number of nitrogens with zero attached hydrogens (tertiary/aromatic N) is 1. The predicted molar refractivity (Wildman–Crippen MR) is 73.2 cm³/mol. The number of halogens is 3. The second-order valence-corrected chi connectivity index (χ2v) is 4.72. The molecule has 1 aromatic heterocycles. The Morgan fingerprint density at radius 1 is 1.10 bits per heavy atom. The molecule has 20 heavy (non-hydrogen) atoms. The van der Waals surface area contributed by atoms with Crippen LogP contribution in [0.4, 0.5) is 18.9 Å². The maximum Gasteiger partial charge on any atom is 0.196 e. The molecule has 0 atom stereocenters. The Morgan fingerprint density at radius 2 is 1.80 bits per heavy atom. The zero-order chi connectivity index (χ0) is 14.9. The molecule has 0 saturated carbocycles. The molecule has 0 unspecified atom stereocenters. The van der Waals surface area contributed by atoms with Gasteiger partial charge < -0.3 is 9.88 Å². The number of hydrogen-bond donors (Lipinski definition) is 1. The van der Waals surface area contributed by atoms with Crippen LogP contribution in [-0.4, -0.2) is 4.57 Å². The van der Waals surface area contributed by atoms with Crippen LogP contribution in [0.15, 0.2) is 18.2 Å². The number of aromatic nitrogens is 1. The SMILES string of the molecule is CCn1c(C)cc(CNc2ccc(F)c(F)c2F)c1C. The van der Waals surface area contributed by atoms with Crippen molar-refractivity contribution in [3.63, 3.8) is 0 Å². The Morgan fingerprint density at radius 3 is 2.40 bits per heavy atom. The van der Waals surface area contributed by atoms with E-state index >= 15 is 0 Å². The molecule has 0 aliphatic rings. The van der Waals surface area contributed by atoms with Crippen LogP contribution >= 0.6 is 0 Å². The summed E-state index contributed by atoms with van der Waals surface area (Å²) in [5.74, 6) is -3.82. The number of benzene rings is 1. The Bertz CT molecular complexity index is 633. The highest BCUT2D eigenvalue weighted by atomic mass is 19.2. The third-order valence-corrected chi connectivity index (χ3v) is 3.50. The average Bonchev–Trinajstić information content (AvgIpc) is 2.69. The average molecular weight is 282 g/mol. The highest BCUT2D eigenvalue weighted by molar-refractivity contribution is 5.46. The number of hydrogen-bond acceptors (Lipinski definition) is 1. The van der Waals surface area contributed by atoms with Gasteiger partial charge in [-0.15, -0.1) is 0 Å². The van der Waals surface area contributed by atoms with Crippen molar-refractivity contribution in [3.8, 4) is 0 Å². The van der Waals surface area contributed by atoms with Crippen molar-refractivity contribution in [2.24, 2.45) is 0 Å². The molecular formula is C15H17F3N2. The maximum atomic E-state index is 13.5. The van der Waals surface area contributed by atoms with Crippen LogP contribution in [-0.2, 0) is 13.1 Å². The molecule has 0 spiro atoms. The van der Waals surface area contributed by atoms with Gasteiger partial charge in [0.15, 0.2) is 17.5 Å². The minimum absolute atomic E-state index is 0.0369. The predicted octanol–water partition coefficient (Wildman–Crippen LogP) is 4.15. The summed E-state index contributed by atoms with van der Waals surface area (Å²) in [6.45, 7) is 7.25. The van der Waals surface area contributed by atoms with E-state index < -0.39 is 17.5 Å². The van der Waals surface area contributed by atoms with Crippen LogP contribution in [0.25, 0.3) is 0 Å². The van der Waals surface area contributed by atoms with E-state index in [1.807, 2.05) is 26.8 Å². The topological polar surface area (TPSA) is 17.0 Å². The van der Waals surface area contributed by atoms with E-state index in [0.717, 1.165) is 29.6 Å². The highest BCUT2D eigenvalue weighted by Crippen LogP contribution is 2.22. The lowest BCUT2D eigenvalue weighted by Crippen LogP contribution is -2.05. The fourth-order valence-electron chi connectivity index (χ4n) is 2.39. The van der Waals surface area contributed by atoms with Crippen molar-refractivity contribution in [1.82, 2.24) is 4.57 Å². The van der Waals surface area contributed by atoms with Gasteiger partial charge in [-0.2, -0.15) is 0 Å². The molecule has 108 valence electrons. The molecule has 0 fully saturated rings. The lowest BCUT2D eigenvalue weighted by molar-refractivity contribution is 0.449. The van der Waals surface area contributed by atoms with Crippen molar-refractivity contribution in [3.05, 3.63) is 52.6 Å². The van der Waals surface area contributed by atoms with Crippen LogP contribution in [0.1, 0.15) is 23.9 Å². The summed E-state index contributed by atoms with van der Waals surface area (Å²) in [6.07, 6.45) is 0. The smallest absolute Gasteiger partial charge is 0.196 e. The molecule has 2 rings (SSSR count). The van der Waals surface area contributed by atoms with Gasteiger partial charge in [0.05, 0.1) is 5.69 Å². The second kappa shape index (κ2) is 5.61. The minimum atomic E-state index is -1.45. The van der Waals surface area contributed by atoms with E-state index in [2.05, 4.69) is 9.88 Å². The summed E-state index contributed by atoms with van der Waals surface area (Å²) >= 11 is 0. The molecule has 1 heterocycles. The number of anilines is 1. The van der Waals surface area contributed by atoms with E-state index in [4.69, 9.17) is 0 Å². The maximum absolute atomic E-state index is 13.5. The van der Waals surface area contributed by atoms with Crippen LogP contribution in [0.3, 0.4) is 0 Å². The zero-order valence-corrected chi connectivity index (χ0v) is 11.7. The molecule has 0 aliphatic heterocycles. The van der Waals surface area contributed by atoms with Gasteiger partial charge in [-0.1, -0.05) is 0 Å². The van der Waals surface area contributed by atoms with Crippen molar-refractivity contribution in [2.45, 2.75) is 33.9 Å². The third-order valence-electron chi connectivity index (χ3n) is 3.50. The summed E-state index contributed by atoms with van der Waals surface area (Å²) < 4.78 is 41.6. The van der Waals surface area contributed by atoms with Gasteiger partial charge in [0.25, 0.3) is 0 Å². The van der Waals surface area contributed by atoms with Crippen molar-refractivity contribution >= 4 is 5.69 Å². The molecule has 0 saturated heterocycles. The molecule has 0 bridgehead atoms. The van der Waals surface area contributed by atoms with Gasteiger partial charge in [-0.3, -0.25) is 0 Å². The normalized spacial score (nSPS) is 10.9. The summed E-state index contributed by atoms with van der Waals surface area (Å²) in [4.78, 5) is 0. The molecule has 5 heteroatoms. The van der Waals surface area contributed by atoms with Crippen LogP contribution in [0.5, 0.6) is 0 Å². The van der Waals surface area contributed by atoms with E-state index in [1.54, 1.807) is 0 Å². The van der Waals surface area contributed by atoms with Crippen molar-refractivity contribution < 1.29 is 13.2 Å². The molecular weight excluding hydrogens is 265 g/mol. The number of aryl methyl sites for hydroxylation is 1. The van der Waals surface area contributed by atoms with Gasteiger partial charge in [0.2, 0.25) is 0 Å². The standard InChI is InChI=1S/C15H17F3N2/c1-4-20-9(2)7-11(10(20)3)8-19-13-6-5-12(16)14(17)15(13)18/h5-7,19H,4,8H2,1-3H3. The summed E-state index contributed by atoms with van der Waals surface area (Å²) in [7, 11) is 0. The minimum Gasteiger partial charge on any atom is -0.378 e. The Hall–Kier alpha value is -1.91. The lowest BCUT2D eigenvalue weighted by atomic mass is 10.2. The first-order chi connectivity index (χ1) is 9.45. The Balaban J connectivity index is 2.19. The van der Waals surface area contributed by atoms with Crippen molar-refractivity contribution in [2.75, 3.05) is 5.32 Å². The Kier molecular flexibility index (Phi) is 4.06. The molecule has 1 N–H and O–H groups in total. The van der Waals surface area contributed by atoms with Crippen LogP contribution in [0.2, 0.25) is 0 Å². The molecule has 2 aromatic rings. The van der Waals surface area contributed by atoms with E-state index in [1.165, 1.54) is 6.07 Å². The molecule has 0 amide bonds. The van der Waals surface area contributed by atoms with E-state index in [9.17, 15) is 13.2 Å². The fraction of sp³-hybridized carbons (Fsp3) is 0.333. The fourth-order valence-corrected chi connectivity index (χ4v) is 2.39. The molecule has 2 nitrogen and oxygen atoms in total. The van der Waals surface area contributed by atoms with Gasteiger partial charge in [0.1, 0.15) is 0 Å². The molecule has 1 aromatic carbocycles. The first-order valence-corrected chi connectivity index (χ1v) is 6.48. The summed E-state index contributed by atoms with van der Waals surface area (Å²) in [5, 5.41) is 2.81. The van der Waals surface area contributed by atoms with E-state index in [-0.39, 0.29) is 5.69 Å². The third kappa shape index (κ3) is 2.53. The number of rotatable bonds is 4. The summed E-state index contributed by atoms with van der Waals surface area (Å²) in [6, 6.07) is 4.12. The lowest BCUT2D eigenvalue weighted by Gasteiger charge is -2.09. The first kappa shape index (κ1) is 14.5. The molecule has 0 aliphatic carbocycles. The van der Waals surface area contributed by atoms with Crippen LogP contribution < -0.4 is 5.32 Å². The van der Waals surface area contributed by atoms with Gasteiger partial charge >= 0.3 is 0 Å². The van der Waals surface area contributed by atoms with Crippen LogP contribution in [0, 0.1) is 31.3 Å². The highest BCUT2D eigenvalue weighted by Gasteiger charge is 2.14. The monoisotopic (exact) mass is 282 g/mol. The Labute approximate surface area is 116 Å². The number of nitrogens with one attached hydrogen (secondary N) is 1. The quantitative estimate of drug-likeness (QED) is 0.833. The van der Waals surface area contributed by atoms with Gasteiger partial charge in [-0.25, -0.2) is 13.2 Å². The second-order valence-electron chi connectivity index (χ2n) is 4.72. The largest absolute Gasteiger partial charge is 0.378 e.